The summed E-state index contributed by atoms with van der Waals surface area (Å²) in [7, 11) is 0. The maximum Gasteiger partial charge on any atom is 0.271 e. The highest BCUT2D eigenvalue weighted by atomic mass is 19.1. The largest absolute Gasteiger partial charge is 0.355 e. The van der Waals surface area contributed by atoms with Crippen molar-refractivity contribution < 1.29 is 9.18 Å². The van der Waals surface area contributed by atoms with E-state index in [-0.39, 0.29) is 23.2 Å². The molecule has 0 radical (unpaired) electrons. The molecule has 0 atom stereocenters. The molecule has 0 aliphatic carbocycles. The smallest absolute Gasteiger partial charge is 0.271 e. The van der Waals surface area contributed by atoms with Crippen LogP contribution in [0.2, 0.25) is 0 Å². The molecule has 3 aromatic rings. The molecule has 1 saturated heterocycles. The Morgan fingerprint density at radius 2 is 1.81 bits per heavy atom. The van der Waals surface area contributed by atoms with Crippen molar-refractivity contribution in [2.24, 2.45) is 5.92 Å². The number of aromatic nitrogens is 2. The lowest BCUT2D eigenvalue weighted by Crippen LogP contribution is -2.41. The number of hydrogen-bond donors (Lipinski definition) is 1. The fourth-order valence-electron chi connectivity index (χ4n) is 3.98. The number of nitrogens with zero attached hydrogens (tertiary/aromatic N) is 3. The molecule has 2 heterocycles. The maximum absolute atomic E-state index is 13.3. The Labute approximate surface area is 186 Å². The van der Waals surface area contributed by atoms with Crippen LogP contribution in [0.25, 0.3) is 5.69 Å². The van der Waals surface area contributed by atoms with Gasteiger partial charge in [-0.15, -0.1) is 5.10 Å². The quantitative estimate of drug-likeness (QED) is 0.645. The van der Waals surface area contributed by atoms with Crippen molar-refractivity contribution in [2.45, 2.75) is 32.7 Å². The van der Waals surface area contributed by atoms with Gasteiger partial charge < -0.3 is 10.2 Å². The summed E-state index contributed by atoms with van der Waals surface area (Å²) in [5.74, 6) is 0.318. The third kappa shape index (κ3) is 5.04. The van der Waals surface area contributed by atoms with E-state index in [0.717, 1.165) is 23.5 Å². The molecule has 0 spiro atoms. The van der Waals surface area contributed by atoms with Crippen molar-refractivity contribution in [3.8, 4) is 5.69 Å². The van der Waals surface area contributed by atoms with Crippen molar-refractivity contribution in [1.29, 1.82) is 0 Å². The molecule has 166 valence electrons. The van der Waals surface area contributed by atoms with Gasteiger partial charge in [0.25, 0.3) is 5.56 Å². The Kier molecular flexibility index (Phi) is 6.63. The third-order valence-electron chi connectivity index (χ3n) is 5.92. The van der Waals surface area contributed by atoms with Crippen LogP contribution >= 0.6 is 0 Å². The first-order valence-electron chi connectivity index (χ1n) is 11.0. The minimum Gasteiger partial charge on any atom is -0.355 e. The summed E-state index contributed by atoms with van der Waals surface area (Å²) in [5.41, 5.74) is 2.51. The highest BCUT2D eigenvalue weighted by Gasteiger charge is 2.26. The first-order chi connectivity index (χ1) is 15.5. The van der Waals surface area contributed by atoms with Crippen LogP contribution < -0.4 is 15.8 Å². The number of benzene rings is 2. The van der Waals surface area contributed by atoms with Crippen LogP contribution in [-0.4, -0.2) is 28.8 Å². The topological polar surface area (TPSA) is 67.2 Å². The number of anilines is 1. The average Bonchev–Trinajstić information content (AvgIpc) is 2.83. The number of aryl methyl sites for hydroxylation is 1. The number of carbonyl (C=O) groups is 1. The number of amides is 1. The van der Waals surface area contributed by atoms with Crippen molar-refractivity contribution >= 4 is 11.7 Å². The normalized spacial score (nSPS) is 14.4. The molecule has 1 aliphatic heterocycles. The zero-order chi connectivity index (χ0) is 22.5. The molecule has 32 heavy (non-hydrogen) atoms. The lowest BCUT2D eigenvalue weighted by molar-refractivity contribution is -0.125. The minimum atomic E-state index is -0.305. The van der Waals surface area contributed by atoms with E-state index in [9.17, 15) is 14.0 Å². The SMILES string of the molecule is CCc1ccc(-n2nc(N3CCC(C(=O)NCc4cccc(F)c4)CC3)ccc2=O)cc1. The van der Waals surface area contributed by atoms with Crippen molar-refractivity contribution in [3.63, 3.8) is 0 Å². The molecule has 2 aromatic carbocycles. The number of nitrogens with one attached hydrogen (secondary N) is 1. The standard InChI is InChI=1S/C25H27FN4O2/c1-2-18-6-8-22(9-7-18)30-24(31)11-10-23(28-30)29-14-12-20(13-15-29)25(32)27-17-19-4-3-5-21(26)16-19/h3-11,16,20H,2,12-15,17H2,1H3,(H,27,32). The van der Waals surface area contributed by atoms with Crippen LogP contribution in [0.4, 0.5) is 10.2 Å². The number of piperidine rings is 1. The number of rotatable bonds is 6. The van der Waals surface area contributed by atoms with Gasteiger partial charge in [-0.2, -0.15) is 4.68 Å². The van der Waals surface area contributed by atoms with E-state index < -0.39 is 0 Å². The summed E-state index contributed by atoms with van der Waals surface area (Å²) in [6.45, 7) is 3.77. The molecule has 4 rings (SSSR count). The third-order valence-corrected chi connectivity index (χ3v) is 5.92. The monoisotopic (exact) mass is 434 g/mol. The van der Waals surface area contributed by atoms with E-state index in [2.05, 4.69) is 22.2 Å². The summed E-state index contributed by atoms with van der Waals surface area (Å²) in [5, 5.41) is 7.48. The predicted octanol–water partition coefficient (Wildman–Crippen LogP) is 3.47. The second kappa shape index (κ2) is 9.77. The zero-order valence-corrected chi connectivity index (χ0v) is 18.1. The molecular formula is C25H27FN4O2. The van der Waals surface area contributed by atoms with Gasteiger partial charge in [-0.3, -0.25) is 9.59 Å². The second-order valence-electron chi connectivity index (χ2n) is 8.07. The number of carbonyl (C=O) groups excluding carboxylic acids is 1. The highest BCUT2D eigenvalue weighted by Crippen LogP contribution is 2.22. The lowest BCUT2D eigenvalue weighted by atomic mass is 9.96. The molecule has 7 heteroatoms. The van der Waals surface area contributed by atoms with E-state index in [1.165, 1.54) is 28.4 Å². The summed E-state index contributed by atoms with van der Waals surface area (Å²) in [6.07, 6.45) is 2.33. The number of halogens is 1. The minimum absolute atomic E-state index is 0.0112. The van der Waals surface area contributed by atoms with Crippen LogP contribution in [0.1, 0.15) is 30.9 Å². The molecule has 1 aromatic heterocycles. The Morgan fingerprint density at radius 1 is 1.06 bits per heavy atom. The zero-order valence-electron chi connectivity index (χ0n) is 18.1. The van der Waals surface area contributed by atoms with Crippen molar-refractivity contribution in [3.05, 3.63) is 88.0 Å². The van der Waals surface area contributed by atoms with E-state index in [1.807, 2.05) is 24.3 Å². The lowest BCUT2D eigenvalue weighted by Gasteiger charge is -2.32. The summed E-state index contributed by atoms with van der Waals surface area (Å²) >= 11 is 0. The Hall–Kier alpha value is -3.48. The molecule has 1 N–H and O–H groups in total. The first kappa shape index (κ1) is 21.7. The predicted molar refractivity (Wildman–Crippen MR) is 122 cm³/mol. The van der Waals surface area contributed by atoms with E-state index in [4.69, 9.17) is 0 Å². The Bertz CT molecular complexity index is 1140. The van der Waals surface area contributed by atoms with Crippen LogP contribution in [0.5, 0.6) is 0 Å². The molecule has 0 unspecified atom stereocenters. The van der Waals surface area contributed by atoms with E-state index in [1.54, 1.807) is 18.2 Å². The Morgan fingerprint density at radius 3 is 2.50 bits per heavy atom. The maximum atomic E-state index is 13.3. The Balaban J connectivity index is 1.37. The molecule has 1 aliphatic rings. The van der Waals surface area contributed by atoms with Gasteiger partial charge in [0, 0.05) is 31.6 Å². The van der Waals surface area contributed by atoms with Crippen LogP contribution in [-0.2, 0) is 17.8 Å². The summed E-state index contributed by atoms with van der Waals surface area (Å²) in [6, 6.07) is 17.4. The van der Waals surface area contributed by atoms with Gasteiger partial charge in [-0.25, -0.2) is 4.39 Å². The number of hydrogen-bond acceptors (Lipinski definition) is 4. The van der Waals surface area contributed by atoms with Gasteiger partial charge in [0.05, 0.1) is 5.69 Å². The molecular weight excluding hydrogens is 407 g/mol. The molecule has 0 saturated carbocycles. The summed E-state index contributed by atoms with van der Waals surface area (Å²) in [4.78, 5) is 27.0. The van der Waals surface area contributed by atoms with E-state index in [0.29, 0.717) is 32.5 Å². The van der Waals surface area contributed by atoms with Gasteiger partial charge in [0.1, 0.15) is 11.6 Å². The van der Waals surface area contributed by atoms with E-state index >= 15 is 0 Å². The van der Waals surface area contributed by atoms with Gasteiger partial charge in [-0.05, 0) is 60.7 Å². The molecule has 1 amide bonds. The van der Waals surface area contributed by atoms with Gasteiger partial charge in [-0.1, -0.05) is 31.2 Å². The average molecular weight is 435 g/mol. The molecule has 0 bridgehead atoms. The van der Waals surface area contributed by atoms with Gasteiger partial charge in [0.15, 0.2) is 0 Å². The molecule has 6 nitrogen and oxygen atoms in total. The van der Waals surface area contributed by atoms with Gasteiger partial charge in [0.2, 0.25) is 5.91 Å². The second-order valence-corrected chi connectivity index (χ2v) is 8.07. The first-order valence-corrected chi connectivity index (χ1v) is 11.0. The highest BCUT2D eigenvalue weighted by molar-refractivity contribution is 5.79. The molecule has 1 fully saturated rings. The fourth-order valence-corrected chi connectivity index (χ4v) is 3.98. The fraction of sp³-hybridized carbons (Fsp3) is 0.320. The summed E-state index contributed by atoms with van der Waals surface area (Å²) < 4.78 is 14.7. The van der Waals surface area contributed by atoms with Crippen molar-refractivity contribution in [2.75, 3.05) is 18.0 Å². The van der Waals surface area contributed by atoms with Crippen LogP contribution in [0.3, 0.4) is 0 Å². The van der Waals surface area contributed by atoms with Crippen molar-refractivity contribution in [1.82, 2.24) is 15.1 Å². The van der Waals surface area contributed by atoms with Crippen LogP contribution in [0.15, 0.2) is 65.5 Å². The van der Waals surface area contributed by atoms with Crippen LogP contribution in [0, 0.1) is 11.7 Å². The van der Waals surface area contributed by atoms with Gasteiger partial charge >= 0.3 is 0 Å².